The molecular formula is C14H17BrFNO4. The van der Waals surface area contributed by atoms with Crippen molar-refractivity contribution in [3.63, 3.8) is 0 Å². The second-order valence-electron chi connectivity index (χ2n) is 5.47. The molecule has 0 aliphatic rings. The second kappa shape index (κ2) is 6.89. The molecule has 5 nitrogen and oxygen atoms in total. The summed E-state index contributed by atoms with van der Waals surface area (Å²) in [4.78, 5) is 22.7. The number of hydrogen-bond donors (Lipinski definition) is 2. The summed E-state index contributed by atoms with van der Waals surface area (Å²) in [7, 11) is 0. The van der Waals surface area contributed by atoms with Gasteiger partial charge in [0, 0.05) is 0 Å². The van der Waals surface area contributed by atoms with Crippen molar-refractivity contribution >= 4 is 28.0 Å². The summed E-state index contributed by atoms with van der Waals surface area (Å²) in [5.74, 6) is -1.65. The topological polar surface area (TPSA) is 75.6 Å². The van der Waals surface area contributed by atoms with Gasteiger partial charge in [-0.2, -0.15) is 0 Å². The zero-order valence-corrected chi connectivity index (χ0v) is 13.5. The van der Waals surface area contributed by atoms with Gasteiger partial charge in [-0.25, -0.2) is 9.18 Å². The number of nitrogens with one attached hydrogen (secondary N) is 1. The molecule has 0 heterocycles. The van der Waals surface area contributed by atoms with E-state index < -0.39 is 29.5 Å². The molecule has 1 aromatic rings. The SMILES string of the molecule is CC(C)(C)OC(=O)N[C@@H](CC(=O)O)c1ccc(Br)c(F)c1. The van der Waals surface area contributed by atoms with Gasteiger partial charge in [0.15, 0.2) is 0 Å². The highest BCUT2D eigenvalue weighted by Gasteiger charge is 2.23. The summed E-state index contributed by atoms with van der Waals surface area (Å²) in [5, 5.41) is 11.4. The van der Waals surface area contributed by atoms with Gasteiger partial charge in [0.1, 0.15) is 11.4 Å². The van der Waals surface area contributed by atoms with E-state index >= 15 is 0 Å². The van der Waals surface area contributed by atoms with Crippen LogP contribution in [0.15, 0.2) is 22.7 Å². The van der Waals surface area contributed by atoms with Gasteiger partial charge in [0.05, 0.1) is 16.9 Å². The zero-order valence-electron chi connectivity index (χ0n) is 11.9. The Kier molecular flexibility index (Phi) is 5.71. The van der Waals surface area contributed by atoms with E-state index in [1.165, 1.54) is 18.2 Å². The third kappa shape index (κ3) is 6.12. The van der Waals surface area contributed by atoms with E-state index in [1.54, 1.807) is 20.8 Å². The van der Waals surface area contributed by atoms with E-state index in [0.717, 1.165) is 0 Å². The van der Waals surface area contributed by atoms with Crippen LogP contribution in [-0.2, 0) is 9.53 Å². The number of amides is 1. The molecular weight excluding hydrogens is 345 g/mol. The Labute approximate surface area is 130 Å². The van der Waals surface area contributed by atoms with Crippen LogP contribution in [0, 0.1) is 5.82 Å². The molecule has 0 aliphatic carbocycles. The molecule has 2 N–H and O–H groups in total. The highest BCUT2D eigenvalue weighted by Crippen LogP contribution is 2.23. The molecule has 1 rings (SSSR count). The number of aliphatic carboxylic acids is 1. The van der Waals surface area contributed by atoms with E-state index in [4.69, 9.17) is 9.84 Å². The van der Waals surface area contributed by atoms with Crippen LogP contribution in [0.5, 0.6) is 0 Å². The third-order valence-electron chi connectivity index (χ3n) is 2.42. The summed E-state index contributed by atoms with van der Waals surface area (Å²) in [5.41, 5.74) is -0.355. The van der Waals surface area contributed by atoms with E-state index in [-0.39, 0.29) is 10.9 Å². The smallest absolute Gasteiger partial charge is 0.408 e. The maximum atomic E-state index is 13.5. The first kappa shape index (κ1) is 17.4. The molecule has 1 atom stereocenters. The van der Waals surface area contributed by atoms with Crippen LogP contribution in [0.4, 0.5) is 9.18 Å². The van der Waals surface area contributed by atoms with E-state index in [0.29, 0.717) is 5.56 Å². The number of carboxylic acids is 1. The fourth-order valence-corrected chi connectivity index (χ4v) is 1.85. The number of carbonyl (C=O) groups excluding carboxylic acids is 1. The van der Waals surface area contributed by atoms with Crippen molar-refractivity contribution in [2.45, 2.75) is 38.8 Å². The quantitative estimate of drug-likeness (QED) is 0.858. The lowest BCUT2D eigenvalue weighted by atomic mass is 10.0. The highest BCUT2D eigenvalue weighted by atomic mass is 79.9. The largest absolute Gasteiger partial charge is 0.481 e. The summed E-state index contributed by atoms with van der Waals surface area (Å²) >= 11 is 3.02. The summed E-state index contributed by atoms with van der Waals surface area (Å²) in [6, 6.07) is 3.30. The van der Waals surface area contributed by atoms with Crippen molar-refractivity contribution in [1.29, 1.82) is 0 Å². The number of hydrogen-bond acceptors (Lipinski definition) is 3. The van der Waals surface area contributed by atoms with Gasteiger partial charge in [-0.1, -0.05) is 6.07 Å². The maximum Gasteiger partial charge on any atom is 0.408 e. The number of rotatable bonds is 4. The summed E-state index contributed by atoms with van der Waals surface area (Å²) in [6.07, 6.45) is -1.13. The van der Waals surface area contributed by atoms with Crippen LogP contribution in [-0.4, -0.2) is 22.8 Å². The molecule has 116 valence electrons. The lowest BCUT2D eigenvalue weighted by Gasteiger charge is -2.23. The molecule has 0 radical (unpaired) electrons. The van der Waals surface area contributed by atoms with E-state index in [2.05, 4.69) is 21.2 Å². The molecule has 7 heteroatoms. The van der Waals surface area contributed by atoms with Gasteiger partial charge in [-0.3, -0.25) is 4.79 Å². The number of carboxylic acid groups (broad SMARTS) is 1. The summed E-state index contributed by atoms with van der Waals surface area (Å²) in [6.45, 7) is 5.08. The molecule has 0 aromatic heterocycles. The molecule has 0 saturated heterocycles. The Morgan fingerprint density at radius 2 is 2.05 bits per heavy atom. The van der Waals surface area contributed by atoms with Gasteiger partial charge >= 0.3 is 12.1 Å². The van der Waals surface area contributed by atoms with Gasteiger partial charge in [-0.15, -0.1) is 0 Å². The molecule has 0 saturated carbocycles. The standard InChI is InChI=1S/C14H17BrFNO4/c1-14(2,3)21-13(20)17-11(7-12(18)19)8-4-5-9(15)10(16)6-8/h4-6,11H,7H2,1-3H3,(H,17,20)(H,18,19)/t11-/m0/s1. The molecule has 0 unspecified atom stereocenters. The number of ether oxygens (including phenoxy) is 1. The normalized spacial score (nSPS) is 12.6. The fourth-order valence-electron chi connectivity index (χ4n) is 1.61. The average Bonchev–Trinajstić information content (AvgIpc) is 2.28. The Morgan fingerprint density at radius 1 is 1.43 bits per heavy atom. The Bertz CT molecular complexity index is 542. The molecule has 0 spiro atoms. The molecule has 0 aliphatic heterocycles. The monoisotopic (exact) mass is 361 g/mol. The van der Waals surface area contributed by atoms with Crippen LogP contribution in [0.25, 0.3) is 0 Å². The maximum absolute atomic E-state index is 13.5. The lowest BCUT2D eigenvalue weighted by Crippen LogP contribution is -2.35. The van der Waals surface area contributed by atoms with Crippen molar-refractivity contribution in [1.82, 2.24) is 5.32 Å². The Balaban J connectivity index is 2.92. The van der Waals surface area contributed by atoms with Crippen LogP contribution in [0.3, 0.4) is 0 Å². The number of benzene rings is 1. The van der Waals surface area contributed by atoms with Crippen molar-refractivity contribution in [2.24, 2.45) is 0 Å². The molecule has 1 amide bonds. The van der Waals surface area contributed by atoms with Crippen molar-refractivity contribution in [3.8, 4) is 0 Å². The van der Waals surface area contributed by atoms with Gasteiger partial charge in [-0.05, 0) is 54.4 Å². The third-order valence-corrected chi connectivity index (χ3v) is 3.06. The van der Waals surface area contributed by atoms with Gasteiger partial charge in [0.2, 0.25) is 0 Å². The lowest BCUT2D eigenvalue weighted by molar-refractivity contribution is -0.137. The summed E-state index contributed by atoms with van der Waals surface area (Å²) < 4.78 is 18.9. The zero-order chi connectivity index (χ0) is 16.2. The van der Waals surface area contributed by atoms with Crippen LogP contribution in [0.1, 0.15) is 38.8 Å². The minimum atomic E-state index is -1.11. The molecule has 0 bridgehead atoms. The highest BCUT2D eigenvalue weighted by molar-refractivity contribution is 9.10. The first-order valence-electron chi connectivity index (χ1n) is 6.25. The number of alkyl carbamates (subject to hydrolysis) is 1. The van der Waals surface area contributed by atoms with Gasteiger partial charge < -0.3 is 15.2 Å². The van der Waals surface area contributed by atoms with Crippen molar-refractivity contribution in [3.05, 3.63) is 34.1 Å². The van der Waals surface area contributed by atoms with Crippen LogP contribution >= 0.6 is 15.9 Å². The predicted molar refractivity (Wildman–Crippen MR) is 78.5 cm³/mol. The first-order chi connectivity index (χ1) is 9.58. The Morgan fingerprint density at radius 3 is 2.52 bits per heavy atom. The van der Waals surface area contributed by atoms with Gasteiger partial charge in [0.25, 0.3) is 0 Å². The van der Waals surface area contributed by atoms with E-state index in [1.807, 2.05) is 0 Å². The van der Waals surface area contributed by atoms with Crippen LogP contribution < -0.4 is 5.32 Å². The fraction of sp³-hybridized carbons (Fsp3) is 0.429. The first-order valence-corrected chi connectivity index (χ1v) is 7.04. The van der Waals surface area contributed by atoms with Crippen molar-refractivity contribution < 1.29 is 23.8 Å². The van der Waals surface area contributed by atoms with Crippen molar-refractivity contribution in [2.75, 3.05) is 0 Å². The molecule has 0 fully saturated rings. The minimum absolute atomic E-state index is 0.262. The second-order valence-corrected chi connectivity index (χ2v) is 6.32. The molecule has 21 heavy (non-hydrogen) atoms. The number of halogens is 2. The molecule has 1 aromatic carbocycles. The van der Waals surface area contributed by atoms with E-state index in [9.17, 15) is 14.0 Å². The van der Waals surface area contributed by atoms with Crippen LogP contribution in [0.2, 0.25) is 0 Å². The number of carbonyl (C=O) groups is 2. The minimum Gasteiger partial charge on any atom is -0.481 e. The predicted octanol–water partition coefficient (Wildman–Crippen LogP) is 3.63. The average molecular weight is 362 g/mol. The Hall–Kier alpha value is -1.63.